The van der Waals surface area contributed by atoms with E-state index in [0.29, 0.717) is 13.0 Å². The van der Waals surface area contributed by atoms with Crippen molar-refractivity contribution >= 4 is 11.9 Å². The minimum atomic E-state index is -1.26. The summed E-state index contributed by atoms with van der Waals surface area (Å²) in [5.74, 6) is -1.56. The van der Waals surface area contributed by atoms with Crippen molar-refractivity contribution in [1.29, 1.82) is 0 Å². The van der Waals surface area contributed by atoms with E-state index in [1.54, 1.807) is 0 Å². The van der Waals surface area contributed by atoms with Gasteiger partial charge >= 0.3 is 5.97 Å². The molecule has 72 valence electrons. The molecular weight excluding hydrogens is 174 g/mol. The van der Waals surface area contributed by atoms with Crippen LogP contribution in [0.4, 0.5) is 0 Å². The van der Waals surface area contributed by atoms with Gasteiger partial charge in [0.2, 0.25) is 5.91 Å². The molecule has 0 bridgehead atoms. The first kappa shape index (κ1) is 9.73. The van der Waals surface area contributed by atoms with Gasteiger partial charge in [-0.2, -0.15) is 0 Å². The van der Waals surface area contributed by atoms with Crippen LogP contribution in [0, 0.1) is 0 Å². The number of aliphatic carboxylic acids is 1. The van der Waals surface area contributed by atoms with Crippen LogP contribution in [0.3, 0.4) is 0 Å². The summed E-state index contributed by atoms with van der Waals surface area (Å²) in [6.45, 7) is 3.61. The summed E-state index contributed by atoms with van der Waals surface area (Å²) in [7, 11) is 0. The van der Waals surface area contributed by atoms with E-state index in [4.69, 9.17) is 9.84 Å². The number of hydrogen-bond acceptors (Lipinski definition) is 3. The van der Waals surface area contributed by atoms with Gasteiger partial charge in [0.25, 0.3) is 0 Å². The molecule has 0 saturated carbocycles. The summed E-state index contributed by atoms with van der Waals surface area (Å²) in [4.78, 5) is 21.8. The molecule has 0 spiro atoms. The molecule has 0 aliphatic carbocycles. The molecule has 0 aromatic heterocycles. The fraction of sp³-hybridized carbons (Fsp3) is 0.500. The molecule has 0 aromatic rings. The van der Waals surface area contributed by atoms with Crippen molar-refractivity contribution < 1.29 is 19.4 Å². The molecule has 1 amide bonds. The smallest absolute Gasteiger partial charge is 0.331 e. The highest BCUT2D eigenvalue weighted by Gasteiger charge is 2.43. The van der Waals surface area contributed by atoms with Gasteiger partial charge in [-0.05, 0) is 6.08 Å². The molecule has 1 unspecified atom stereocenters. The minimum Gasteiger partial charge on any atom is -0.479 e. The van der Waals surface area contributed by atoms with Crippen molar-refractivity contribution in [1.82, 2.24) is 5.32 Å². The predicted octanol–water partition coefficient (Wildman–Crippen LogP) is -0.468. The Bertz CT molecular complexity index is 243. The van der Waals surface area contributed by atoms with Crippen LogP contribution in [0.25, 0.3) is 0 Å². The Morgan fingerprint density at radius 2 is 2.31 bits per heavy atom. The van der Waals surface area contributed by atoms with Crippen LogP contribution >= 0.6 is 0 Å². The Morgan fingerprint density at radius 3 is 2.69 bits per heavy atom. The summed E-state index contributed by atoms with van der Waals surface area (Å²) in [6.07, 6.45) is 1.34. The number of carbonyl (C=O) groups excluding carboxylic acids is 1. The van der Waals surface area contributed by atoms with Gasteiger partial charge in [-0.3, -0.25) is 4.79 Å². The molecule has 5 nitrogen and oxygen atoms in total. The van der Waals surface area contributed by atoms with E-state index in [2.05, 4.69) is 11.9 Å². The number of rotatable bonds is 3. The molecule has 0 aromatic carbocycles. The molecule has 13 heavy (non-hydrogen) atoms. The third-order valence-corrected chi connectivity index (χ3v) is 1.98. The first-order valence-electron chi connectivity index (χ1n) is 3.86. The average molecular weight is 185 g/mol. The lowest BCUT2D eigenvalue weighted by molar-refractivity contribution is -0.147. The van der Waals surface area contributed by atoms with E-state index in [-0.39, 0.29) is 6.61 Å². The Labute approximate surface area is 75.4 Å². The van der Waals surface area contributed by atoms with Crippen molar-refractivity contribution in [2.24, 2.45) is 0 Å². The summed E-state index contributed by atoms with van der Waals surface area (Å²) in [5, 5.41) is 11.2. The van der Waals surface area contributed by atoms with Crippen molar-refractivity contribution in [2.45, 2.75) is 12.0 Å². The first-order chi connectivity index (χ1) is 6.10. The second-order valence-electron chi connectivity index (χ2n) is 2.88. The zero-order valence-electron chi connectivity index (χ0n) is 7.08. The summed E-state index contributed by atoms with van der Waals surface area (Å²) >= 11 is 0. The lowest BCUT2D eigenvalue weighted by Crippen LogP contribution is -2.54. The van der Waals surface area contributed by atoms with Gasteiger partial charge < -0.3 is 15.2 Å². The van der Waals surface area contributed by atoms with Gasteiger partial charge in [-0.15, -0.1) is 0 Å². The number of carbonyl (C=O) groups is 2. The maximum Gasteiger partial charge on any atom is 0.331 e. The van der Waals surface area contributed by atoms with Crippen LogP contribution in [-0.4, -0.2) is 35.7 Å². The highest BCUT2D eigenvalue weighted by Crippen LogP contribution is 2.18. The van der Waals surface area contributed by atoms with E-state index < -0.39 is 17.4 Å². The van der Waals surface area contributed by atoms with Crippen molar-refractivity contribution in [2.75, 3.05) is 13.2 Å². The molecule has 1 fully saturated rings. The fourth-order valence-electron chi connectivity index (χ4n) is 1.17. The second kappa shape index (κ2) is 3.57. The number of nitrogens with one attached hydrogen (secondary N) is 1. The fourth-order valence-corrected chi connectivity index (χ4v) is 1.17. The van der Waals surface area contributed by atoms with Crippen LogP contribution in [0.2, 0.25) is 0 Å². The van der Waals surface area contributed by atoms with Crippen LogP contribution in [0.5, 0.6) is 0 Å². The first-order valence-corrected chi connectivity index (χ1v) is 3.86. The molecule has 1 heterocycles. The van der Waals surface area contributed by atoms with E-state index in [1.165, 1.54) is 0 Å². The van der Waals surface area contributed by atoms with Crippen LogP contribution in [-0.2, 0) is 14.3 Å². The van der Waals surface area contributed by atoms with E-state index >= 15 is 0 Å². The minimum absolute atomic E-state index is 0.0158. The lowest BCUT2D eigenvalue weighted by atomic mass is 9.99. The maximum absolute atomic E-state index is 10.9. The number of ether oxygens (including phenoxy) is 1. The topological polar surface area (TPSA) is 75.6 Å². The van der Waals surface area contributed by atoms with Gasteiger partial charge in [-0.25, -0.2) is 4.79 Å². The Hall–Kier alpha value is -1.36. The van der Waals surface area contributed by atoms with Gasteiger partial charge in [0.05, 0.1) is 6.61 Å². The third kappa shape index (κ3) is 1.86. The third-order valence-electron chi connectivity index (χ3n) is 1.98. The van der Waals surface area contributed by atoms with E-state index in [9.17, 15) is 9.59 Å². The van der Waals surface area contributed by atoms with Crippen molar-refractivity contribution in [3.8, 4) is 0 Å². The van der Waals surface area contributed by atoms with E-state index in [1.807, 2.05) is 0 Å². The SMILES string of the molecule is C=CC(=O)NC1(C(=O)O)CCOC1. The average Bonchev–Trinajstić information content (AvgIpc) is 2.54. The zero-order chi connectivity index (χ0) is 9.90. The molecule has 1 aliphatic rings. The number of carboxylic acids is 1. The normalized spacial score (nSPS) is 26.8. The monoisotopic (exact) mass is 185 g/mol. The molecule has 0 radical (unpaired) electrons. The van der Waals surface area contributed by atoms with Gasteiger partial charge in [-0.1, -0.05) is 6.58 Å². The molecule has 2 N–H and O–H groups in total. The maximum atomic E-state index is 10.9. The van der Waals surface area contributed by atoms with Gasteiger partial charge in [0.15, 0.2) is 5.54 Å². The standard InChI is InChI=1S/C8H11NO4/c1-2-6(10)9-8(7(11)12)3-4-13-5-8/h2H,1,3-5H2,(H,9,10)(H,11,12). The number of amides is 1. The number of hydrogen-bond donors (Lipinski definition) is 2. The zero-order valence-corrected chi connectivity index (χ0v) is 7.08. The molecule has 5 heteroatoms. The summed E-state index contributed by atoms with van der Waals surface area (Å²) < 4.78 is 4.94. The lowest BCUT2D eigenvalue weighted by Gasteiger charge is -2.22. The summed E-state index contributed by atoms with van der Waals surface area (Å²) in [5.41, 5.74) is -1.26. The van der Waals surface area contributed by atoms with Crippen molar-refractivity contribution in [3.05, 3.63) is 12.7 Å². The largest absolute Gasteiger partial charge is 0.479 e. The molecule has 1 atom stereocenters. The van der Waals surface area contributed by atoms with Crippen LogP contribution in [0.15, 0.2) is 12.7 Å². The van der Waals surface area contributed by atoms with Gasteiger partial charge in [0.1, 0.15) is 0 Å². The Morgan fingerprint density at radius 1 is 1.62 bits per heavy atom. The van der Waals surface area contributed by atoms with Crippen LogP contribution in [0.1, 0.15) is 6.42 Å². The van der Waals surface area contributed by atoms with Crippen molar-refractivity contribution in [3.63, 3.8) is 0 Å². The highest BCUT2D eigenvalue weighted by molar-refractivity contribution is 5.92. The quantitative estimate of drug-likeness (QED) is 0.583. The molecule has 1 saturated heterocycles. The number of carboxylic acid groups (broad SMARTS) is 1. The molecular formula is C8H11NO4. The second-order valence-corrected chi connectivity index (χ2v) is 2.88. The van der Waals surface area contributed by atoms with Gasteiger partial charge in [0, 0.05) is 13.0 Å². The molecule has 1 aliphatic heterocycles. The van der Waals surface area contributed by atoms with E-state index in [0.717, 1.165) is 6.08 Å². The van der Waals surface area contributed by atoms with Crippen LogP contribution < -0.4 is 5.32 Å². The Balaban J connectivity index is 2.73. The molecule has 1 rings (SSSR count). The highest BCUT2D eigenvalue weighted by atomic mass is 16.5. The Kier molecular flexibility index (Phi) is 2.67. The predicted molar refractivity (Wildman–Crippen MR) is 44.1 cm³/mol. The summed E-state index contributed by atoms with van der Waals surface area (Å²) in [6, 6.07) is 0.